The molecule has 0 bridgehead atoms. The lowest BCUT2D eigenvalue weighted by atomic mass is 10.0. The zero-order valence-electron chi connectivity index (χ0n) is 9.82. The number of aryl methyl sites for hydroxylation is 1. The second-order valence-electron chi connectivity index (χ2n) is 3.90. The number of rotatable bonds is 7. The van der Waals surface area contributed by atoms with E-state index in [4.69, 9.17) is 5.73 Å². The third-order valence-electron chi connectivity index (χ3n) is 2.63. The van der Waals surface area contributed by atoms with E-state index in [1.807, 2.05) is 6.08 Å². The molecule has 0 saturated carbocycles. The van der Waals surface area contributed by atoms with Gasteiger partial charge in [-0.05, 0) is 36.9 Å². The Kier molecular flexibility index (Phi) is 8.97. The summed E-state index contributed by atoms with van der Waals surface area (Å²) in [5.74, 6) is 0. The SMILES string of the molecule is C=Cc1ccc(CCCCCCN)cc1.Cl. The third kappa shape index (κ3) is 5.94. The predicted octanol–water partition coefficient (Wildman–Crippen LogP) is 3.81. The quantitative estimate of drug-likeness (QED) is 0.720. The van der Waals surface area contributed by atoms with Crippen LogP contribution in [-0.2, 0) is 6.42 Å². The minimum absolute atomic E-state index is 0. The van der Waals surface area contributed by atoms with E-state index in [0.29, 0.717) is 0 Å². The van der Waals surface area contributed by atoms with Crippen molar-refractivity contribution < 1.29 is 0 Å². The molecule has 0 aliphatic rings. The van der Waals surface area contributed by atoms with Gasteiger partial charge in [0.1, 0.15) is 0 Å². The highest BCUT2D eigenvalue weighted by molar-refractivity contribution is 5.85. The Morgan fingerprint density at radius 2 is 1.62 bits per heavy atom. The van der Waals surface area contributed by atoms with Crippen LogP contribution in [-0.4, -0.2) is 6.54 Å². The van der Waals surface area contributed by atoms with Gasteiger partial charge >= 0.3 is 0 Å². The van der Waals surface area contributed by atoms with E-state index in [0.717, 1.165) is 13.0 Å². The van der Waals surface area contributed by atoms with Crippen LogP contribution < -0.4 is 5.73 Å². The second-order valence-corrected chi connectivity index (χ2v) is 3.90. The summed E-state index contributed by atoms with van der Waals surface area (Å²) in [6.45, 7) is 4.57. The largest absolute Gasteiger partial charge is 0.330 e. The van der Waals surface area contributed by atoms with Crippen LogP contribution in [0.5, 0.6) is 0 Å². The van der Waals surface area contributed by atoms with E-state index >= 15 is 0 Å². The van der Waals surface area contributed by atoms with Crippen molar-refractivity contribution in [3.63, 3.8) is 0 Å². The number of halogens is 1. The molecule has 1 aromatic rings. The monoisotopic (exact) mass is 239 g/mol. The van der Waals surface area contributed by atoms with Crippen LogP contribution in [0.3, 0.4) is 0 Å². The average Bonchev–Trinajstić information content (AvgIpc) is 2.30. The molecule has 0 atom stereocenters. The van der Waals surface area contributed by atoms with Crippen LogP contribution in [0.25, 0.3) is 6.08 Å². The smallest absolute Gasteiger partial charge is 0.00773 e. The van der Waals surface area contributed by atoms with Crippen molar-refractivity contribution in [2.45, 2.75) is 32.1 Å². The maximum atomic E-state index is 5.44. The Balaban J connectivity index is 0.00000225. The van der Waals surface area contributed by atoms with Gasteiger partial charge in [-0.15, -0.1) is 12.4 Å². The molecule has 90 valence electrons. The Bertz CT molecular complexity index is 279. The fourth-order valence-electron chi connectivity index (χ4n) is 1.65. The zero-order chi connectivity index (χ0) is 10.9. The minimum Gasteiger partial charge on any atom is -0.330 e. The number of nitrogens with two attached hydrogens (primary N) is 1. The number of hydrogen-bond acceptors (Lipinski definition) is 1. The molecule has 1 rings (SSSR count). The van der Waals surface area contributed by atoms with Gasteiger partial charge in [0, 0.05) is 0 Å². The highest BCUT2D eigenvalue weighted by Crippen LogP contribution is 2.10. The summed E-state index contributed by atoms with van der Waals surface area (Å²) >= 11 is 0. The minimum atomic E-state index is 0. The molecule has 0 aliphatic carbocycles. The number of unbranched alkanes of at least 4 members (excludes halogenated alkanes) is 3. The first-order valence-corrected chi connectivity index (χ1v) is 5.78. The fourth-order valence-corrected chi connectivity index (χ4v) is 1.65. The van der Waals surface area contributed by atoms with E-state index in [2.05, 4.69) is 30.8 Å². The van der Waals surface area contributed by atoms with Gasteiger partial charge in [-0.3, -0.25) is 0 Å². The van der Waals surface area contributed by atoms with Gasteiger partial charge in [-0.25, -0.2) is 0 Å². The summed E-state index contributed by atoms with van der Waals surface area (Å²) in [6, 6.07) is 8.64. The van der Waals surface area contributed by atoms with Crippen molar-refractivity contribution in [2.24, 2.45) is 5.73 Å². The summed E-state index contributed by atoms with van der Waals surface area (Å²) in [6.07, 6.45) is 8.05. The van der Waals surface area contributed by atoms with E-state index in [1.54, 1.807) is 0 Å². The Morgan fingerprint density at radius 3 is 2.19 bits per heavy atom. The van der Waals surface area contributed by atoms with Crippen LogP contribution in [0.4, 0.5) is 0 Å². The molecule has 2 heteroatoms. The lowest BCUT2D eigenvalue weighted by Crippen LogP contribution is -1.97. The number of benzene rings is 1. The predicted molar refractivity (Wildman–Crippen MR) is 75.0 cm³/mol. The molecule has 1 aromatic carbocycles. The van der Waals surface area contributed by atoms with E-state index < -0.39 is 0 Å². The van der Waals surface area contributed by atoms with Gasteiger partial charge in [0.25, 0.3) is 0 Å². The first-order valence-electron chi connectivity index (χ1n) is 5.78. The molecule has 0 spiro atoms. The van der Waals surface area contributed by atoms with Gasteiger partial charge in [-0.2, -0.15) is 0 Å². The molecule has 0 heterocycles. The van der Waals surface area contributed by atoms with Crippen LogP contribution in [0.2, 0.25) is 0 Å². The summed E-state index contributed by atoms with van der Waals surface area (Å²) in [5, 5.41) is 0. The van der Waals surface area contributed by atoms with Gasteiger partial charge in [0.05, 0.1) is 0 Å². The summed E-state index contributed by atoms with van der Waals surface area (Å²) in [4.78, 5) is 0. The van der Waals surface area contributed by atoms with Crippen LogP contribution in [0.15, 0.2) is 30.8 Å². The van der Waals surface area contributed by atoms with E-state index in [1.165, 1.54) is 36.8 Å². The van der Waals surface area contributed by atoms with Crippen molar-refractivity contribution in [2.75, 3.05) is 6.54 Å². The first kappa shape index (κ1) is 15.2. The molecular weight excluding hydrogens is 218 g/mol. The molecule has 2 N–H and O–H groups in total. The van der Waals surface area contributed by atoms with Crippen molar-refractivity contribution in [1.82, 2.24) is 0 Å². The maximum absolute atomic E-state index is 5.44. The molecule has 0 amide bonds. The normalized spacial score (nSPS) is 9.56. The first-order chi connectivity index (χ1) is 7.36. The van der Waals surface area contributed by atoms with Gasteiger partial charge in [0.15, 0.2) is 0 Å². The molecular formula is C14H22ClN. The Hall–Kier alpha value is -0.790. The number of hydrogen-bond donors (Lipinski definition) is 1. The molecule has 0 saturated heterocycles. The van der Waals surface area contributed by atoms with Crippen LogP contribution >= 0.6 is 12.4 Å². The summed E-state index contributed by atoms with van der Waals surface area (Å²) < 4.78 is 0. The van der Waals surface area contributed by atoms with Crippen molar-refractivity contribution in [1.29, 1.82) is 0 Å². The van der Waals surface area contributed by atoms with Crippen molar-refractivity contribution in [3.8, 4) is 0 Å². The summed E-state index contributed by atoms with van der Waals surface area (Å²) in [7, 11) is 0. The van der Waals surface area contributed by atoms with Crippen molar-refractivity contribution >= 4 is 18.5 Å². The molecule has 0 fully saturated rings. The molecule has 0 aromatic heterocycles. The Labute approximate surface area is 105 Å². The molecule has 1 nitrogen and oxygen atoms in total. The van der Waals surface area contributed by atoms with E-state index in [-0.39, 0.29) is 12.4 Å². The van der Waals surface area contributed by atoms with Gasteiger partial charge < -0.3 is 5.73 Å². The third-order valence-corrected chi connectivity index (χ3v) is 2.63. The molecule has 0 radical (unpaired) electrons. The fraction of sp³-hybridized carbons (Fsp3) is 0.429. The van der Waals surface area contributed by atoms with Crippen LogP contribution in [0, 0.1) is 0 Å². The second kappa shape index (κ2) is 9.44. The van der Waals surface area contributed by atoms with E-state index in [9.17, 15) is 0 Å². The molecule has 16 heavy (non-hydrogen) atoms. The van der Waals surface area contributed by atoms with Gasteiger partial charge in [0.2, 0.25) is 0 Å². The van der Waals surface area contributed by atoms with Crippen LogP contribution in [0.1, 0.15) is 36.8 Å². The zero-order valence-corrected chi connectivity index (χ0v) is 10.6. The lowest BCUT2D eigenvalue weighted by molar-refractivity contribution is 0.646. The van der Waals surface area contributed by atoms with Crippen molar-refractivity contribution in [3.05, 3.63) is 42.0 Å². The van der Waals surface area contributed by atoms with Gasteiger partial charge in [-0.1, -0.05) is 49.8 Å². The topological polar surface area (TPSA) is 26.0 Å². The standard InChI is InChI=1S/C14H21N.ClH/c1-2-13-8-10-14(11-9-13)7-5-3-4-6-12-15;/h2,8-11H,1,3-7,12,15H2;1H. The molecule has 0 unspecified atom stereocenters. The highest BCUT2D eigenvalue weighted by Gasteiger charge is 1.93. The molecule has 0 aliphatic heterocycles. The average molecular weight is 240 g/mol. The maximum Gasteiger partial charge on any atom is -0.00773 e. The highest BCUT2D eigenvalue weighted by atomic mass is 35.5. The lowest BCUT2D eigenvalue weighted by Gasteiger charge is -2.02. The summed E-state index contributed by atoms with van der Waals surface area (Å²) in [5.41, 5.74) is 8.07. The Morgan fingerprint density at radius 1 is 1.00 bits per heavy atom.